The molecule has 154 valence electrons. The topological polar surface area (TPSA) is 66.4 Å². The Morgan fingerprint density at radius 3 is 2.14 bits per heavy atom. The number of hydrogen-bond donors (Lipinski definition) is 0. The van der Waals surface area contributed by atoms with E-state index in [9.17, 15) is 0 Å². The van der Waals surface area contributed by atoms with Crippen LogP contribution in [0, 0.1) is 11.8 Å². The van der Waals surface area contributed by atoms with Crippen LogP contribution >= 0.6 is 0 Å². The molecule has 0 saturated heterocycles. The first-order valence-corrected chi connectivity index (χ1v) is 10.0. The minimum absolute atomic E-state index is 0.474. The molecule has 0 aliphatic carbocycles. The molecule has 0 amide bonds. The standard InChI is InChI=1S/C22H33N3O3/c1-8-17-20(16-10-11-19(26-6)25-21(16)27-7)23-18(9-2)22(24-17)28-13-15(5)12-14(3)4/h10-11,14-15H,8-9,12-13H2,1-7H3. The molecule has 0 radical (unpaired) electrons. The van der Waals surface area contributed by atoms with E-state index in [2.05, 4.69) is 39.6 Å². The first-order valence-electron chi connectivity index (χ1n) is 10.0. The Morgan fingerprint density at radius 1 is 0.857 bits per heavy atom. The summed E-state index contributed by atoms with van der Waals surface area (Å²) in [6.45, 7) is 11.4. The third kappa shape index (κ3) is 5.33. The summed E-state index contributed by atoms with van der Waals surface area (Å²) in [6.07, 6.45) is 2.60. The van der Waals surface area contributed by atoms with Crippen LogP contribution in [0.1, 0.15) is 52.4 Å². The largest absolute Gasteiger partial charge is 0.481 e. The predicted octanol–water partition coefficient (Wildman–Crippen LogP) is 4.74. The van der Waals surface area contributed by atoms with E-state index in [0.717, 1.165) is 41.9 Å². The highest BCUT2D eigenvalue weighted by Gasteiger charge is 2.19. The van der Waals surface area contributed by atoms with Crippen molar-refractivity contribution in [1.82, 2.24) is 15.0 Å². The van der Waals surface area contributed by atoms with Gasteiger partial charge in [-0.25, -0.2) is 9.97 Å². The van der Waals surface area contributed by atoms with E-state index in [1.807, 2.05) is 12.1 Å². The molecule has 1 unspecified atom stereocenters. The van der Waals surface area contributed by atoms with Crippen LogP contribution in [0.15, 0.2) is 12.1 Å². The van der Waals surface area contributed by atoms with Crippen molar-refractivity contribution in [3.63, 3.8) is 0 Å². The molecule has 0 N–H and O–H groups in total. The summed E-state index contributed by atoms with van der Waals surface area (Å²) in [5.41, 5.74) is 3.31. The maximum atomic E-state index is 6.08. The van der Waals surface area contributed by atoms with Gasteiger partial charge in [0.05, 0.1) is 37.8 Å². The molecule has 6 heteroatoms. The second-order valence-electron chi connectivity index (χ2n) is 7.43. The van der Waals surface area contributed by atoms with Crippen molar-refractivity contribution in [2.45, 2.75) is 53.9 Å². The second kappa shape index (κ2) is 10.2. The average molecular weight is 388 g/mol. The molecule has 1 atom stereocenters. The summed E-state index contributed by atoms with van der Waals surface area (Å²) in [5.74, 6) is 2.74. The molecule has 0 aromatic carbocycles. The molecule has 0 fully saturated rings. The Hall–Kier alpha value is -2.37. The summed E-state index contributed by atoms with van der Waals surface area (Å²) in [4.78, 5) is 14.1. The van der Waals surface area contributed by atoms with Gasteiger partial charge in [0.25, 0.3) is 0 Å². The zero-order chi connectivity index (χ0) is 20.7. The number of aryl methyl sites for hydroxylation is 2. The number of pyridine rings is 1. The average Bonchev–Trinajstić information content (AvgIpc) is 2.70. The number of aromatic nitrogens is 3. The lowest BCUT2D eigenvalue weighted by molar-refractivity contribution is 0.228. The van der Waals surface area contributed by atoms with Crippen LogP contribution in [-0.4, -0.2) is 35.8 Å². The Bertz CT molecular complexity index is 778. The fraction of sp³-hybridized carbons (Fsp3) is 0.591. The molecule has 2 aromatic rings. The van der Waals surface area contributed by atoms with Crippen molar-refractivity contribution in [1.29, 1.82) is 0 Å². The van der Waals surface area contributed by atoms with Crippen molar-refractivity contribution in [2.75, 3.05) is 20.8 Å². The van der Waals surface area contributed by atoms with Crippen LogP contribution in [0.25, 0.3) is 11.3 Å². The molecule has 0 spiro atoms. The highest BCUT2D eigenvalue weighted by atomic mass is 16.5. The van der Waals surface area contributed by atoms with Crippen LogP contribution in [0.3, 0.4) is 0 Å². The Balaban J connectivity index is 2.40. The number of rotatable bonds is 10. The maximum absolute atomic E-state index is 6.08. The quantitative estimate of drug-likeness (QED) is 0.586. The van der Waals surface area contributed by atoms with Crippen LogP contribution in [0.2, 0.25) is 0 Å². The third-order valence-corrected chi connectivity index (χ3v) is 4.54. The number of methoxy groups -OCH3 is 2. The minimum atomic E-state index is 0.474. The zero-order valence-electron chi connectivity index (χ0n) is 18.2. The van der Waals surface area contributed by atoms with Gasteiger partial charge in [-0.2, -0.15) is 4.98 Å². The van der Waals surface area contributed by atoms with Crippen molar-refractivity contribution < 1.29 is 14.2 Å². The predicted molar refractivity (Wildman–Crippen MR) is 111 cm³/mol. The van der Waals surface area contributed by atoms with Gasteiger partial charge in [0.1, 0.15) is 5.69 Å². The molecule has 6 nitrogen and oxygen atoms in total. The van der Waals surface area contributed by atoms with Crippen LogP contribution in [0.5, 0.6) is 17.6 Å². The van der Waals surface area contributed by atoms with Gasteiger partial charge in [0.2, 0.25) is 17.6 Å². The zero-order valence-corrected chi connectivity index (χ0v) is 18.2. The highest BCUT2D eigenvalue weighted by molar-refractivity contribution is 5.68. The lowest BCUT2D eigenvalue weighted by Crippen LogP contribution is -2.14. The second-order valence-corrected chi connectivity index (χ2v) is 7.43. The smallest absolute Gasteiger partial charge is 0.235 e. The fourth-order valence-corrected chi connectivity index (χ4v) is 3.26. The highest BCUT2D eigenvalue weighted by Crippen LogP contribution is 2.33. The van der Waals surface area contributed by atoms with E-state index < -0.39 is 0 Å². The van der Waals surface area contributed by atoms with E-state index in [1.54, 1.807) is 14.2 Å². The van der Waals surface area contributed by atoms with Gasteiger partial charge in [-0.3, -0.25) is 0 Å². The van der Waals surface area contributed by atoms with Crippen molar-refractivity contribution in [2.24, 2.45) is 11.8 Å². The summed E-state index contributed by atoms with van der Waals surface area (Å²) < 4.78 is 16.8. The normalized spacial score (nSPS) is 12.1. The van der Waals surface area contributed by atoms with Gasteiger partial charge in [-0.05, 0) is 37.2 Å². The van der Waals surface area contributed by atoms with E-state index >= 15 is 0 Å². The molecule has 2 aromatic heterocycles. The molecule has 0 aliphatic heterocycles. The van der Waals surface area contributed by atoms with E-state index in [4.69, 9.17) is 24.2 Å². The Kier molecular flexibility index (Phi) is 8.03. The van der Waals surface area contributed by atoms with Gasteiger partial charge < -0.3 is 14.2 Å². The van der Waals surface area contributed by atoms with Gasteiger partial charge >= 0.3 is 0 Å². The summed E-state index contributed by atoms with van der Waals surface area (Å²) >= 11 is 0. The Labute approximate surface area is 168 Å². The molecule has 0 aliphatic rings. The lowest BCUT2D eigenvalue weighted by atomic mass is 10.00. The summed E-state index contributed by atoms with van der Waals surface area (Å²) in [5, 5.41) is 0. The van der Waals surface area contributed by atoms with Gasteiger partial charge in [-0.1, -0.05) is 34.6 Å². The number of nitrogens with zero attached hydrogens (tertiary/aromatic N) is 3. The third-order valence-electron chi connectivity index (χ3n) is 4.54. The van der Waals surface area contributed by atoms with Gasteiger partial charge in [0.15, 0.2) is 0 Å². The summed E-state index contributed by atoms with van der Waals surface area (Å²) in [7, 11) is 3.18. The van der Waals surface area contributed by atoms with Crippen molar-refractivity contribution in [3.05, 3.63) is 23.5 Å². The van der Waals surface area contributed by atoms with Crippen LogP contribution < -0.4 is 14.2 Å². The summed E-state index contributed by atoms with van der Waals surface area (Å²) in [6, 6.07) is 3.72. The fourth-order valence-electron chi connectivity index (χ4n) is 3.26. The molecule has 28 heavy (non-hydrogen) atoms. The van der Waals surface area contributed by atoms with E-state index in [1.165, 1.54) is 0 Å². The Morgan fingerprint density at radius 2 is 1.57 bits per heavy atom. The molecule has 2 rings (SSSR count). The maximum Gasteiger partial charge on any atom is 0.235 e. The van der Waals surface area contributed by atoms with Gasteiger partial charge in [-0.15, -0.1) is 0 Å². The number of ether oxygens (including phenoxy) is 3. The number of hydrogen-bond acceptors (Lipinski definition) is 6. The molecule has 0 bridgehead atoms. The first-order chi connectivity index (χ1) is 13.4. The molecular weight excluding hydrogens is 354 g/mol. The van der Waals surface area contributed by atoms with Crippen molar-refractivity contribution in [3.8, 4) is 28.9 Å². The molecular formula is C22H33N3O3. The van der Waals surface area contributed by atoms with Crippen LogP contribution in [0.4, 0.5) is 0 Å². The van der Waals surface area contributed by atoms with E-state index in [0.29, 0.717) is 36.1 Å². The minimum Gasteiger partial charge on any atom is -0.481 e. The van der Waals surface area contributed by atoms with E-state index in [-0.39, 0.29) is 0 Å². The van der Waals surface area contributed by atoms with Crippen molar-refractivity contribution >= 4 is 0 Å². The SMILES string of the molecule is CCc1nc(-c2ccc(OC)nc2OC)c(CC)nc1OCC(C)CC(C)C. The van der Waals surface area contributed by atoms with Crippen LogP contribution in [-0.2, 0) is 12.8 Å². The lowest BCUT2D eigenvalue weighted by Gasteiger charge is -2.18. The monoisotopic (exact) mass is 387 g/mol. The molecule has 0 saturated carbocycles. The van der Waals surface area contributed by atoms with Gasteiger partial charge in [0, 0.05) is 6.07 Å². The molecule has 2 heterocycles. The first kappa shape index (κ1) is 21.9.